The summed E-state index contributed by atoms with van der Waals surface area (Å²) in [6, 6.07) is 0. The van der Waals surface area contributed by atoms with E-state index in [1.165, 1.54) is 0 Å². The number of methoxy groups -OCH3 is 1. The molecule has 1 amide bonds. The molecule has 1 N–H and O–H groups in total. The summed E-state index contributed by atoms with van der Waals surface area (Å²) in [5.41, 5.74) is -1.36. The van der Waals surface area contributed by atoms with Crippen molar-refractivity contribution < 1.29 is 19.1 Å². The van der Waals surface area contributed by atoms with Crippen molar-refractivity contribution >= 4 is 12.4 Å². The summed E-state index contributed by atoms with van der Waals surface area (Å²) in [6.45, 7) is 5.33. The molecule has 92 valence electrons. The number of nitrogens with one attached hydrogen (secondary N) is 1. The van der Waals surface area contributed by atoms with Gasteiger partial charge in [-0.15, -0.1) is 0 Å². The molecule has 16 heavy (non-hydrogen) atoms. The summed E-state index contributed by atoms with van der Waals surface area (Å²) in [6.07, 6.45) is 1.25. The Hall–Kier alpha value is -1.10. The molecular weight excluding hydrogens is 210 g/mol. The van der Waals surface area contributed by atoms with Crippen LogP contribution in [-0.4, -0.2) is 36.7 Å². The van der Waals surface area contributed by atoms with Crippen molar-refractivity contribution in [2.75, 3.05) is 7.11 Å². The SMILES string of the molecule is COC1CC(C=O)(NC(=O)OC(C)(C)C)C1. The van der Waals surface area contributed by atoms with Gasteiger partial charge in [0.2, 0.25) is 0 Å². The smallest absolute Gasteiger partial charge is 0.408 e. The maximum absolute atomic E-state index is 11.5. The zero-order valence-electron chi connectivity index (χ0n) is 10.2. The maximum Gasteiger partial charge on any atom is 0.408 e. The Morgan fingerprint density at radius 1 is 1.44 bits per heavy atom. The fraction of sp³-hybridized carbons (Fsp3) is 0.818. The molecule has 0 bridgehead atoms. The molecule has 0 unspecified atom stereocenters. The van der Waals surface area contributed by atoms with Gasteiger partial charge in [0.25, 0.3) is 0 Å². The summed E-state index contributed by atoms with van der Waals surface area (Å²) in [7, 11) is 1.59. The minimum Gasteiger partial charge on any atom is -0.444 e. The lowest BCUT2D eigenvalue weighted by Gasteiger charge is -2.43. The van der Waals surface area contributed by atoms with Crippen molar-refractivity contribution in [3.8, 4) is 0 Å². The van der Waals surface area contributed by atoms with E-state index in [0.29, 0.717) is 12.8 Å². The van der Waals surface area contributed by atoms with E-state index < -0.39 is 17.2 Å². The van der Waals surface area contributed by atoms with Crippen LogP contribution in [0.3, 0.4) is 0 Å². The van der Waals surface area contributed by atoms with Gasteiger partial charge < -0.3 is 19.6 Å². The summed E-state index contributed by atoms with van der Waals surface area (Å²) >= 11 is 0. The van der Waals surface area contributed by atoms with E-state index >= 15 is 0 Å². The molecule has 0 radical (unpaired) electrons. The highest BCUT2D eigenvalue weighted by atomic mass is 16.6. The van der Waals surface area contributed by atoms with Crippen molar-refractivity contribution in [3.63, 3.8) is 0 Å². The second-order valence-corrected chi connectivity index (χ2v) is 5.17. The largest absolute Gasteiger partial charge is 0.444 e. The van der Waals surface area contributed by atoms with Gasteiger partial charge in [0.1, 0.15) is 17.4 Å². The second kappa shape index (κ2) is 4.41. The van der Waals surface area contributed by atoms with Gasteiger partial charge in [-0.25, -0.2) is 4.79 Å². The zero-order valence-corrected chi connectivity index (χ0v) is 10.2. The van der Waals surface area contributed by atoms with E-state index in [0.717, 1.165) is 6.29 Å². The van der Waals surface area contributed by atoms with E-state index in [1.54, 1.807) is 27.9 Å². The first-order chi connectivity index (χ1) is 7.30. The number of amides is 1. The molecule has 0 aromatic heterocycles. The van der Waals surface area contributed by atoms with Crippen LogP contribution in [0.2, 0.25) is 0 Å². The number of rotatable bonds is 3. The summed E-state index contributed by atoms with van der Waals surface area (Å²) < 4.78 is 10.2. The molecule has 1 aliphatic carbocycles. The van der Waals surface area contributed by atoms with E-state index in [2.05, 4.69) is 5.32 Å². The monoisotopic (exact) mass is 229 g/mol. The first-order valence-corrected chi connectivity index (χ1v) is 5.30. The topological polar surface area (TPSA) is 64.6 Å². The lowest BCUT2D eigenvalue weighted by atomic mass is 9.75. The summed E-state index contributed by atoms with van der Waals surface area (Å²) in [4.78, 5) is 22.4. The maximum atomic E-state index is 11.5. The van der Waals surface area contributed by atoms with E-state index in [9.17, 15) is 9.59 Å². The number of alkyl carbamates (subject to hydrolysis) is 1. The highest BCUT2D eigenvalue weighted by molar-refractivity contribution is 5.77. The highest BCUT2D eigenvalue weighted by Crippen LogP contribution is 2.32. The fourth-order valence-corrected chi connectivity index (χ4v) is 1.65. The van der Waals surface area contributed by atoms with Gasteiger partial charge in [0.05, 0.1) is 6.10 Å². The third kappa shape index (κ3) is 3.20. The van der Waals surface area contributed by atoms with Crippen LogP contribution in [0.15, 0.2) is 0 Å². The minimum atomic E-state index is -0.803. The molecule has 0 atom stereocenters. The zero-order chi connectivity index (χ0) is 12.4. The van der Waals surface area contributed by atoms with Crippen LogP contribution < -0.4 is 5.32 Å². The normalized spacial score (nSPS) is 29.1. The number of aldehydes is 1. The molecule has 5 nitrogen and oxygen atoms in total. The Morgan fingerprint density at radius 2 is 2.00 bits per heavy atom. The Balaban J connectivity index is 2.47. The van der Waals surface area contributed by atoms with Gasteiger partial charge in [-0.2, -0.15) is 0 Å². The Morgan fingerprint density at radius 3 is 2.38 bits per heavy atom. The number of carbonyl (C=O) groups is 2. The van der Waals surface area contributed by atoms with Crippen molar-refractivity contribution in [2.45, 2.75) is 50.9 Å². The number of ether oxygens (including phenoxy) is 2. The third-order valence-corrected chi connectivity index (χ3v) is 2.49. The van der Waals surface area contributed by atoms with Crippen LogP contribution in [0.25, 0.3) is 0 Å². The predicted octanol–water partition coefficient (Wildman–Crippen LogP) is 1.26. The number of carbonyl (C=O) groups excluding carboxylic acids is 2. The Kier molecular flexibility index (Phi) is 3.57. The van der Waals surface area contributed by atoms with Gasteiger partial charge in [-0.3, -0.25) is 0 Å². The van der Waals surface area contributed by atoms with Crippen LogP contribution in [-0.2, 0) is 14.3 Å². The lowest BCUT2D eigenvalue weighted by molar-refractivity contribution is -0.123. The van der Waals surface area contributed by atoms with Gasteiger partial charge in [-0.1, -0.05) is 0 Å². The lowest BCUT2D eigenvalue weighted by Crippen LogP contribution is -2.61. The molecule has 1 saturated carbocycles. The quantitative estimate of drug-likeness (QED) is 0.740. The molecule has 0 aromatic carbocycles. The molecule has 1 aliphatic rings. The molecule has 5 heteroatoms. The van der Waals surface area contributed by atoms with Crippen LogP contribution >= 0.6 is 0 Å². The first kappa shape index (κ1) is 13.0. The number of hydrogen-bond acceptors (Lipinski definition) is 4. The van der Waals surface area contributed by atoms with E-state index in [1.807, 2.05) is 0 Å². The molecule has 0 spiro atoms. The molecule has 0 aliphatic heterocycles. The standard InChI is InChI=1S/C11H19NO4/c1-10(2,3)16-9(14)12-11(7-13)5-8(6-11)15-4/h7-8H,5-6H2,1-4H3,(H,12,14). The van der Waals surface area contributed by atoms with Crippen molar-refractivity contribution in [1.82, 2.24) is 5.32 Å². The average molecular weight is 229 g/mol. The van der Waals surface area contributed by atoms with Crippen LogP contribution in [0.1, 0.15) is 33.6 Å². The van der Waals surface area contributed by atoms with Gasteiger partial charge in [-0.05, 0) is 20.8 Å². The predicted molar refractivity (Wildman–Crippen MR) is 58.2 cm³/mol. The molecule has 1 fully saturated rings. The van der Waals surface area contributed by atoms with E-state index in [4.69, 9.17) is 9.47 Å². The number of hydrogen-bond donors (Lipinski definition) is 1. The molecule has 0 saturated heterocycles. The van der Waals surface area contributed by atoms with Crippen LogP contribution in [0, 0.1) is 0 Å². The average Bonchev–Trinajstić information content (AvgIpc) is 2.07. The molecule has 0 heterocycles. The Labute approximate surface area is 95.5 Å². The first-order valence-electron chi connectivity index (χ1n) is 5.30. The van der Waals surface area contributed by atoms with Gasteiger partial charge in [0, 0.05) is 20.0 Å². The highest BCUT2D eigenvalue weighted by Gasteiger charge is 2.46. The van der Waals surface area contributed by atoms with Gasteiger partial charge >= 0.3 is 6.09 Å². The Bertz CT molecular complexity index is 276. The summed E-state index contributed by atoms with van der Waals surface area (Å²) in [5.74, 6) is 0. The van der Waals surface area contributed by atoms with Crippen LogP contribution in [0.4, 0.5) is 4.79 Å². The molecule has 1 rings (SSSR count). The second-order valence-electron chi connectivity index (χ2n) is 5.17. The van der Waals surface area contributed by atoms with Crippen molar-refractivity contribution in [1.29, 1.82) is 0 Å². The fourth-order valence-electron chi connectivity index (χ4n) is 1.65. The van der Waals surface area contributed by atoms with Crippen molar-refractivity contribution in [2.24, 2.45) is 0 Å². The third-order valence-electron chi connectivity index (χ3n) is 2.49. The minimum absolute atomic E-state index is 0.0418. The molecular formula is C11H19NO4. The van der Waals surface area contributed by atoms with Gasteiger partial charge in [0.15, 0.2) is 0 Å². The summed E-state index contributed by atoms with van der Waals surface area (Å²) in [5, 5.41) is 2.59. The van der Waals surface area contributed by atoms with Crippen molar-refractivity contribution in [3.05, 3.63) is 0 Å². The van der Waals surface area contributed by atoms with E-state index in [-0.39, 0.29) is 6.10 Å². The van der Waals surface area contributed by atoms with Crippen LogP contribution in [0.5, 0.6) is 0 Å². The molecule has 0 aromatic rings.